The number of aliphatic hydroxyl groups is 1. The molecule has 1 saturated carbocycles. The van der Waals surface area contributed by atoms with Crippen LogP contribution >= 0.6 is 0 Å². The second-order valence-electron chi connectivity index (χ2n) is 13.1. The maximum atomic E-state index is 11.3. The Labute approximate surface area is 227 Å². The normalized spacial score (nSPS) is 32.7. The molecule has 6 nitrogen and oxygen atoms in total. The fourth-order valence-electron chi connectivity index (χ4n) is 7.37. The van der Waals surface area contributed by atoms with Crippen LogP contribution in [0.3, 0.4) is 0 Å². The second-order valence-corrected chi connectivity index (χ2v) is 13.1. The number of hydrogen-bond donors (Lipinski definition) is 2. The number of amides is 1. The predicted octanol–water partition coefficient (Wildman–Crippen LogP) is 5.51. The summed E-state index contributed by atoms with van der Waals surface area (Å²) in [6.45, 7) is 13.7. The van der Waals surface area contributed by atoms with Crippen LogP contribution in [0.4, 0.5) is 0 Å². The molecule has 1 aliphatic carbocycles. The van der Waals surface area contributed by atoms with Crippen molar-refractivity contribution >= 4 is 5.91 Å². The molecule has 2 heterocycles. The van der Waals surface area contributed by atoms with Gasteiger partial charge in [0, 0.05) is 44.1 Å². The van der Waals surface area contributed by atoms with Gasteiger partial charge in [-0.15, -0.1) is 0 Å². The number of likely N-dealkylation sites (tertiary alicyclic amines) is 1. The molecule has 2 aromatic rings. The van der Waals surface area contributed by atoms with Crippen molar-refractivity contribution in [3.63, 3.8) is 0 Å². The Bertz CT molecular complexity index is 1120. The van der Waals surface area contributed by atoms with Gasteiger partial charge >= 0.3 is 0 Å². The van der Waals surface area contributed by atoms with E-state index in [-0.39, 0.29) is 30.6 Å². The number of carbonyl (C=O) groups is 1. The second kappa shape index (κ2) is 10.7. The molecule has 5 rings (SSSR count). The fraction of sp³-hybridized carbons (Fsp3) is 0.594. The lowest BCUT2D eigenvalue weighted by Crippen LogP contribution is -2.46. The van der Waals surface area contributed by atoms with Gasteiger partial charge in [-0.3, -0.25) is 9.69 Å². The number of benzene rings is 2. The Morgan fingerprint density at radius 3 is 2.32 bits per heavy atom. The van der Waals surface area contributed by atoms with Crippen LogP contribution in [0.1, 0.15) is 88.5 Å². The molecule has 6 unspecified atom stereocenters. The number of carbonyl (C=O) groups excluding carboxylic acids is 1. The van der Waals surface area contributed by atoms with Gasteiger partial charge in [-0.25, -0.2) is 0 Å². The number of hydrogen-bond acceptors (Lipinski definition) is 5. The summed E-state index contributed by atoms with van der Waals surface area (Å²) in [5.74, 6) is 0.134. The topological polar surface area (TPSA) is 71.0 Å². The average Bonchev–Trinajstić information content (AvgIpc) is 3.11. The van der Waals surface area contributed by atoms with E-state index in [2.05, 4.69) is 50.0 Å². The molecule has 2 saturated heterocycles. The molecule has 38 heavy (non-hydrogen) atoms. The van der Waals surface area contributed by atoms with Crippen molar-refractivity contribution in [2.75, 3.05) is 13.1 Å². The first kappa shape index (κ1) is 27.3. The van der Waals surface area contributed by atoms with Crippen LogP contribution < -0.4 is 5.32 Å². The third-order valence-electron chi connectivity index (χ3n) is 8.85. The van der Waals surface area contributed by atoms with Crippen molar-refractivity contribution in [2.45, 2.75) is 91.6 Å². The monoisotopic (exact) mass is 520 g/mol. The van der Waals surface area contributed by atoms with Crippen molar-refractivity contribution in [1.29, 1.82) is 0 Å². The fourth-order valence-corrected chi connectivity index (χ4v) is 7.37. The summed E-state index contributed by atoms with van der Waals surface area (Å²) >= 11 is 0. The number of rotatable bonds is 7. The smallest absolute Gasteiger partial charge is 0.217 e. The minimum atomic E-state index is -0.470. The Morgan fingerprint density at radius 1 is 1.00 bits per heavy atom. The van der Waals surface area contributed by atoms with Crippen molar-refractivity contribution in [3.05, 3.63) is 70.8 Å². The summed E-state index contributed by atoms with van der Waals surface area (Å²) in [6.07, 6.45) is 3.25. The molecule has 0 aromatic heterocycles. The number of aliphatic hydroxyl groups excluding tert-OH is 1. The van der Waals surface area contributed by atoms with Gasteiger partial charge in [-0.1, -0.05) is 76.2 Å². The molecular weight excluding hydrogens is 476 g/mol. The summed E-state index contributed by atoms with van der Waals surface area (Å²) in [5, 5.41) is 12.4. The lowest BCUT2D eigenvalue weighted by atomic mass is 9.65. The quantitative estimate of drug-likeness (QED) is 0.504. The van der Waals surface area contributed by atoms with Crippen LogP contribution in [0, 0.1) is 16.7 Å². The number of ether oxygens (including phenoxy) is 2. The van der Waals surface area contributed by atoms with E-state index in [1.807, 2.05) is 36.4 Å². The van der Waals surface area contributed by atoms with Gasteiger partial charge in [-0.2, -0.15) is 0 Å². The highest BCUT2D eigenvalue weighted by molar-refractivity contribution is 5.72. The summed E-state index contributed by atoms with van der Waals surface area (Å²) in [7, 11) is 0. The molecule has 2 N–H and O–H groups in total. The molecule has 1 amide bonds. The maximum Gasteiger partial charge on any atom is 0.217 e. The number of nitrogens with one attached hydrogen (secondary N) is 1. The molecule has 0 spiro atoms. The Kier molecular flexibility index (Phi) is 7.71. The summed E-state index contributed by atoms with van der Waals surface area (Å²) in [5.41, 5.74) is 4.80. The first-order valence-electron chi connectivity index (χ1n) is 14.1. The molecule has 2 aromatic carbocycles. The first-order chi connectivity index (χ1) is 18.0. The summed E-state index contributed by atoms with van der Waals surface area (Å²) in [6, 6.07) is 16.9. The van der Waals surface area contributed by atoms with E-state index in [9.17, 15) is 9.90 Å². The standard InChI is InChI=1S/C32H44N2O4/c1-21-28(17-34-20-32(5)15-27(34)14-31(3,4)19-32)37-30(26-12-6-23(7-13-26)16-33-22(2)36)38-29(21)25-10-8-24(18-35)9-11-25/h6-13,21,27-30,35H,14-20H2,1-5H3,(H,33,36). The van der Waals surface area contributed by atoms with E-state index in [4.69, 9.17) is 9.47 Å². The van der Waals surface area contributed by atoms with Crippen molar-refractivity contribution in [2.24, 2.45) is 16.7 Å². The molecular formula is C32H44N2O4. The van der Waals surface area contributed by atoms with Crippen LogP contribution in [0.15, 0.2) is 48.5 Å². The van der Waals surface area contributed by atoms with Gasteiger partial charge in [0.25, 0.3) is 0 Å². The lowest BCUT2D eigenvalue weighted by Gasteiger charge is -2.43. The average molecular weight is 521 g/mol. The zero-order valence-corrected chi connectivity index (χ0v) is 23.6. The van der Waals surface area contributed by atoms with Gasteiger partial charge in [0.05, 0.1) is 18.8 Å². The molecule has 2 bridgehead atoms. The van der Waals surface area contributed by atoms with Gasteiger partial charge < -0.3 is 19.9 Å². The van der Waals surface area contributed by atoms with Crippen molar-refractivity contribution < 1.29 is 19.4 Å². The summed E-state index contributed by atoms with van der Waals surface area (Å²) in [4.78, 5) is 14.0. The molecule has 6 atom stereocenters. The third-order valence-corrected chi connectivity index (χ3v) is 8.85. The molecule has 0 radical (unpaired) electrons. The minimum Gasteiger partial charge on any atom is -0.392 e. The minimum absolute atomic E-state index is 0.0291. The highest BCUT2D eigenvalue weighted by Crippen LogP contribution is 2.53. The van der Waals surface area contributed by atoms with E-state index < -0.39 is 6.29 Å². The van der Waals surface area contributed by atoms with E-state index in [1.54, 1.807) is 0 Å². The third kappa shape index (κ3) is 5.99. The molecule has 3 aliphatic rings. The molecule has 206 valence electrons. The van der Waals surface area contributed by atoms with Gasteiger partial charge in [0.2, 0.25) is 5.91 Å². The molecule has 6 heteroatoms. The van der Waals surface area contributed by atoms with E-state index in [0.717, 1.165) is 35.3 Å². The van der Waals surface area contributed by atoms with Crippen molar-refractivity contribution in [3.8, 4) is 0 Å². The number of fused-ring (bicyclic) bond motifs is 2. The van der Waals surface area contributed by atoms with Crippen LogP contribution in [0.5, 0.6) is 0 Å². The lowest BCUT2D eigenvalue weighted by molar-refractivity contribution is -0.276. The van der Waals surface area contributed by atoms with Crippen LogP contribution in [-0.4, -0.2) is 41.1 Å². The predicted molar refractivity (Wildman–Crippen MR) is 148 cm³/mol. The zero-order chi connectivity index (χ0) is 27.1. The van der Waals surface area contributed by atoms with E-state index in [1.165, 1.54) is 26.2 Å². The Hall–Kier alpha value is -2.25. The largest absolute Gasteiger partial charge is 0.392 e. The SMILES string of the molecule is CC(=O)NCc1ccc(C2OC(CN3CC4(C)CC3CC(C)(C)C4)C(C)C(c3ccc(CO)cc3)O2)cc1. The first-order valence-corrected chi connectivity index (χ1v) is 14.1. The van der Waals surface area contributed by atoms with Crippen LogP contribution in [-0.2, 0) is 27.4 Å². The molecule has 2 aliphatic heterocycles. The van der Waals surface area contributed by atoms with Gasteiger partial charge in [0.1, 0.15) is 0 Å². The molecule has 3 fully saturated rings. The zero-order valence-electron chi connectivity index (χ0n) is 23.6. The highest BCUT2D eigenvalue weighted by atomic mass is 16.7. The van der Waals surface area contributed by atoms with Crippen LogP contribution in [0.25, 0.3) is 0 Å². The van der Waals surface area contributed by atoms with Gasteiger partial charge in [-0.05, 0) is 46.8 Å². The van der Waals surface area contributed by atoms with E-state index in [0.29, 0.717) is 23.4 Å². The maximum absolute atomic E-state index is 11.3. The Morgan fingerprint density at radius 2 is 1.66 bits per heavy atom. The van der Waals surface area contributed by atoms with Gasteiger partial charge in [0.15, 0.2) is 6.29 Å². The Balaban J connectivity index is 1.38. The summed E-state index contributed by atoms with van der Waals surface area (Å²) < 4.78 is 13.4. The highest BCUT2D eigenvalue weighted by Gasteiger charge is 2.51. The van der Waals surface area contributed by atoms with E-state index >= 15 is 0 Å². The van der Waals surface area contributed by atoms with Crippen molar-refractivity contribution in [1.82, 2.24) is 10.2 Å². The number of nitrogens with zero attached hydrogens (tertiary/aromatic N) is 1. The van der Waals surface area contributed by atoms with Crippen LogP contribution in [0.2, 0.25) is 0 Å².